The van der Waals surface area contributed by atoms with Crippen LogP contribution in [0.2, 0.25) is 0 Å². The van der Waals surface area contributed by atoms with Crippen LogP contribution in [0, 0.1) is 12.3 Å². The van der Waals surface area contributed by atoms with Crippen LogP contribution in [0.1, 0.15) is 41.0 Å². The monoisotopic (exact) mass is 450 g/mol. The van der Waals surface area contributed by atoms with Crippen molar-refractivity contribution in [3.8, 4) is 5.75 Å². The summed E-state index contributed by atoms with van der Waals surface area (Å²) >= 11 is 0. The molecule has 3 N–H and O–H groups in total. The molecule has 2 fully saturated rings. The Morgan fingerprint density at radius 2 is 1.97 bits per heavy atom. The summed E-state index contributed by atoms with van der Waals surface area (Å²) in [5.41, 5.74) is 2.35. The summed E-state index contributed by atoms with van der Waals surface area (Å²) in [6.45, 7) is 3.13. The summed E-state index contributed by atoms with van der Waals surface area (Å²) in [6.07, 6.45) is -3.68. The number of nitrogens with zero attached hydrogens (tertiary/aromatic N) is 2. The summed E-state index contributed by atoms with van der Waals surface area (Å²) in [5.74, 6) is -2.23. The fraction of sp³-hybridized carbons (Fsp3) is 0.429. The minimum absolute atomic E-state index is 0.0975. The summed E-state index contributed by atoms with van der Waals surface area (Å²) in [6, 6.07) is 4.19. The number of carbonyl (C=O) groups is 2. The lowest BCUT2D eigenvalue weighted by atomic mass is 9.79. The van der Waals surface area contributed by atoms with Gasteiger partial charge in [-0.05, 0) is 31.5 Å². The molecule has 1 aliphatic heterocycles. The Bertz CT molecular complexity index is 1110. The van der Waals surface area contributed by atoms with Crippen molar-refractivity contribution in [3.63, 3.8) is 0 Å². The number of aromatic nitrogens is 2. The van der Waals surface area contributed by atoms with Gasteiger partial charge in [-0.3, -0.25) is 19.6 Å². The van der Waals surface area contributed by atoms with Crippen LogP contribution in [0.25, 0.3) is 0 Å². The molecule has 0 bridgehead atoms. The fourth-order valence-electron chi connectivity index (χ4n) is 4.77. The van der Waals surface area contributed by atoms with Crippen molar-refractivity contribution in [3.05, 3.63) is 47.5 Å². The second-order valence-electron chi connectivity index (χ2n) is 8.24. The highest BCUT2D eigenvalue weighted by atomic mass is 19.4. The highest BCUT2D eigenvalue weighted by molar-refractivity contribution is 5.97. The molecular weight excluding hydrogens is 429 g/mol. The van der Waals surface area contributed by atoms with Gasteiger partial charge in [0.2, 0.25) is 0 Å². The number of nitrogens with two attached hydrogens (primary N) is 1. The molecule has 2 aromatic heterocycles. The molecule has 0 radical (unpaired) electrons. The van der Waals surface area contributed by atoms with E-state index in [4.69, 9.17) is 15.2 Å². The molecule has 8 nitrogen and oxygen atoms in total. The maximum atomic E-state index is 14.0. The van der Waals surface area contributed by atoms with E-state index in [1.54, 1.807) is 13.0 Å². The topological polar surface area (TPSA) is 116 Å². The van der Waals surface area contributed by atoms with E-state index in [1.807, 2.05) is 0 Å². The summed E-state index contributed by atoms with van der Waals surface area (Å²) in [7, 11) is 1.40. The zero-order valence-corrected chi connectivity index (χ0v) is 17.5. The SMILES string of the molecule is COc1c([C@H]2[C@H](C(=O)Nc3ccnc(C(N)=O)c3)O[C@]3(C(F)(F)F)C[C@]23C)ccnc1C. The molecule has 0 aromatic carbocycles. The molecule has 3 heterocycles. The number of fused-ring (bicyclic) bond motifs is 1. The number of hydrogen-bond donors (Lipinski definition) is 2. The normalized spacial score (nSPS) is 28.7. The van der Waals surface area contributed by atoms with Crippen LogP contribution < -0.4 is 15.8 Å². The maximum Gasteiger partial charge on any atom is 0.418 e. The van der Waals surface area contributed by atoms with Gasteiger partial charge >= 0.3 is 6.18 Å². The van der Waals surface area contributed by atoms with Crippen LogP contribution in [0.4, 0.5) is 18.9 Å². The van der Waals surface area contributed by atoms with E-state index in [-0.39, 0.29) is 17.8 Å². The van der Waals surface area contributed by atoms with Gasteiger partial charge in [-0.25, -0.2) is 0 Å². The number of nitrogens with one attached hydrogen (secondary N) is 1. The number of primary amides is 1. The average Bonchev–Trinajstić information content (AvgIpc) is 3.25. The molecule has 0 spiro atoms. The molecule has 2 aliphatic rings. The van der Waals surface area contributed by atoms with Crippen LogP contribution >= 0.6 is 0 Å². The van der Waals surface area contributed by atoms with Crippen molar-refractivity contribution in [2.45, 2.75) is 44.1 Å². The first-order valence-corrected chi connectivity index (χ1v) is 9.76. The molecule has 11 heteroatoms. The van der Waals surface area contributed by atoms with Crippen LogP contribution in [0.3, 0.4) is 0 Å². The third-order valence-electron chi connectivity index (χ3n) is 6.38. The number of ether oxygens (including phenoxy) is 2. The number of amides is 2. The van der Waals surface area contributed by atoms with E-state index in [2.05, 4.69) is 15.3 Å². The van der Waals surface area contributed by atoms with Gasteiger partial charge in [0.05, 0.1) is 12.8 Å². The summed E-state index contributed by atoms with van der Waals surface area (Å²) in [4.78, 5) is 32.4. The lowest BCUT2D eigenvalue weighted by molar-refractivity contribution is -0.240. The molecule has 1 saturated carbocycles. The van der Waals surface area contributed by atoms with Crippen molar-refractivity contribution in [1.29, 1.82) is 0 Å². The second kappa shape index (κ2) is 7.16. The van der Waals surface area contributed by atoms with E-state index in [0.717, 1.165) is 0 Å². The summed E-state index contributed by atoms with van der Waals surface area (Å²) in [5, 5.41) is 2.52. The number of rotatable bonds is 5. The number of aryl methyl sites for hydroxylation is 1. The van der Waals surface area contributed by atoms with Crippen molar-refractivity contribution in [1.82, 2.24) is 9.97 Å². The standard InChI is InChI=1S/C21H21F3N4O4/c1-10-15(31-3)12(5-7-26-10)14-16(32-20(21(22,23)24)9-19(14,20)2)18(30)28-11-4-6-27-13(8-11)17(25)29/h4-8,14,16H,9H2,1-3H3,(H2,25,29)(H,27,28,30)/t14-,16+,19+,20+/m0/s1. The van der Waals surface area contributed by atoms with Gasteiger partial charge in [-0.2, -0.15) is 13.2 Å². The van der Waals surface area contributed by atoms with E-state index >= 15 is 0 Å². The van der Waals surface area contributed by atoms with Gasteiger partial charge in [0.1, 0.15) is 17.5 Å². The van der Waals surface area contributed by atoms with E-state index < -0.39 is 41.0 Å². The number of hydrogen-bond acceptors (Lipinski definition) is 6. The van der Waals surface area contributed by atoms with Gasteiger partial charge in [0.15, 0.2) is 5.60 Å². The lowest BCUT2D eigenvalue weighted by Gasteiger charge is -2.26. The Balaban J connectivity index is 1.75. The first-order chi connectivity index (χ1) is 14.9. The highest BCUT2D eigenvalue weighted by Gasteiger charge is 2.87. The van der Waals surface area contributed by atoms with Crippen LogP contribution in [0.5, 0.6) is 5.75 Å². The molecule has 0 unspecified atom stereocenters. The predicted molar refractivity (Wildman–Crippen MR) is 106 cm³/mol. The van der Waals surface area contributed by atoms with Crippen molar-refractivity contribution in [2.24, 2.45) is 11.1 Å². The molecule has 1 aliphatic carbocycles. The van der Waals surface area contributed by atoms with E-state index in [1.165, 1.54) is 38.6 Å². The highest BCUT2D eigenvalue weighted by Crippen LogP contribution is 2.77. The van der Waals surface area contributed by atoms with E-state index in [9.17, 15) is 22.8 Å². The average molecular weight is 450 g/mol. The smallest absolute Gasteiger partial charge is 0.418 e. The Morgan fingerprint density at radius 3 is 2.59 bits per heavy atom. The van der Waals surface area contributed by atoms with E-state index in [0.29, 0.717) is 17.0 Å². The first-order valence-electron chi connectivity index (χ1n) is 9.76. The van der Waals surface area contributed by atoms with Gasteiger partial charge in [0.25, 0.3) is 11.8 Å². The van der Waals surface area contributed by atoms with Crippen molar-refractivity contribution >= 4 is 17.5 Å². The predicted octanol–water partition coefficient (Wildman–Crippen LogP) is 2.72. The fourth-order valence-corrected chi connectivity index (χ4v) is 4.77. The minimum Gasteiger partial charge on any atom is -0.495 e. The molecule has 32 heavy (non-hydrogen) atoms. The quantitative estimate of drug-likeness (QED) is 0.724. The number of halogens is 3. The third-order valence-corrected chi connectivity index (χ3v) is 6.38. The second-order valence-corrected chi connectivity index (χ2v) is 8.24. The molecule has 2 aromatic rings. The molecule has 2 amide bonds. The molecule has 1 saturated heterocycles. The van der Waals surface area contributed by atoms with Crippen molar-refractivity contribution < 1.29 is 32.2 Å². The number of pyridine rings is 2. The summed E-state index contributed by atoms with van der Waals surface area (Å²) < 4.78 is 53.0. The number of methoxy groups -OCH3 is 1. The molecule has 170 valence electrons. The Morgan fingerprint density at radius 1 is 1.28 bits per heavy atom. The van der Waals surface area contributed by atoms with Gasteiger partial charge in [-0.1, -0.05) is 6.92 Å². The Hall–Kier alpha value is -3.21. The van der Waals surface area contributed by atoms with Crippen molar-refractivity contribution in [2.75, 3.05) is 12.4 Å². The number of anilines is 1. The molecular formula is C21H21F3N4O4. The number of alkyl halides is 3. The zero-order valence-electron chi connectivity index (χ0n) is 17.5. The largest absolute Gasteiger partial charge is 0.495 e. The first kappa shape index (κ1) is 22.0. The Kier molecular flexibility index (Phi) is 4.92. The van der Waals surface area contributed by atoms with Gasteiger partial charge < -0.3 is 20.5 Å². The zero-order chi connectivity index (χ0) is 23.5. The maximum absolute atomic E-state index is 14.0. The minimum atomic E-state index is -4.67. The molecule has 4 rings (SSSR count). The van der Waals surface area contributed by atoms with Gasteiger partial charge in [0, 0.05) is 35.0 Å². The molecule has 4 atom stereocenters. The Labute approximate surface area is 181 Å². The number of carbonyl (C=O) groups excluding carboxylic acids is 2. The lowest BCUT2D eigenvalue weighted by Crippen LogP contribution is -2.39. The third kappa shape index (κ3) is 3.10. The van der Waals surface area contributed by atoms with Gasteiger partial charge in [-0.15, -0.1) is 0 Å². The van der Waals surface area contributed by atoms with Crippen LogP contribution in [-0.4, -0.2) is 46.8 Å². The van der Waals surface area contributed by atoms with Crippen LogP contribution in [-0.2, 0) is 9.53 Å². The van der Waals surface area contributed by atoms with Crippen LogP contribution in [0.15, 0.2) is 30.6 Å².